The van der Waals surface area contributed by atoms with E-state index in [2.05, 4.69) is 20.6 Å². The molecule has 0 atom stereocenters. The van der Waals surface area contributed by atoms with Crippen LogP contribution in [-0.4, -0.2) is 16.5 Å². The molecule has 1 heterocycles. The fraction of sp³-hybridized carbons (Fsp3) is 0.333. The third-order valence-electron chi connectivity index (χ3n) is 3.06. The first-order chi connectivity index (χ1) is 10.1. The standard InChI is InChI=1S/C15H18Cl2N4/c1-4-12-20-14(18-5-2)9(3)15(21-12)19-11-8-6-7-10(16)13(11)17/h6-8H,4-5H2,1-3H3,(H2,18,19,20,21). The maximum Gasteiger partial charge on any atom is 0.139 e. The molecule has 0 amide bonds. The SMILES string of the molecule is CCNc1nc(CC)nc(Nc2cccc(Cl)c2Cl)c1C. The Morgan fingerprint density at radius 2 is 1.81 bits per heavy atom. The van der Waals surface area contributed by atoms with Crippen LogP contribution in [0.5, 0.6) is 0 Å². The van der Waals surface area contributed by atoms with Gasteiger partial charge in [0.1, 0.15) is 17.5 Å². The molecule has 1 aromatic carbocycles. The molecule has 21 heavy (non-hydrogen) atoms. The second-order valence-corrected chi connectivity index (χ2v) is 5.36. The Hall–Kier alpha value is -1.52. The molecule has 6 heteroatoms. The molecule has 0 bridgehead atoms. The molecular formula is C15H18Cl2N4. The number of benzene rings is 1. The molecule has 0 aliphatic rings. The highest BCUT2D eigenvalue weighted by atomic mass is 35.5. The van der Waals surface area contributed by atoms with Gasteiger partial charge in [-0.2, -0.15) is 0 Å². The smallest absolute Gasteiger partial charge is 0.139 e. The summed E-state index contributed by atoms with van der Waals surface area (Å²) in [7, 11) is 0. The molecule has 0 unspecified atom stereocenters. The lowest BCUT2D eigenvalue weighted by Crippen LogP contribution is -2.09. The van der Waals surface area contributed by atoms with Gasteiger partial charge in [-0.05, 0) is 26.0 Å². The van der Waals surface area contributed by atoms with E-state index in [-0.39, 0.29) is 0 Å². The summed E-state index contributed by atoms with van der Waals surface area (Å²) in [6.45, 7) is 6.83. The lowest BCUT2D eigenvalue weighted by atomic mass is 10.2. The first-order valence-electron chi connectivity index (χ1n) is 6.89. The van der Waals surface area contributed by atoms with Crippen LogP contribution in [-0.2, 0) is 6.42 Å². The number of nitrogens with zero attached hydrogens (tertiary/aromatic N) is 2. The molecule has 0 radical (unpaired) electrons. The summed E-state index contributed by atoms with van der Waals surface area (Å²) in [5, 5.41) is 7.50. The van der Waals surface area contributed by atoms with Crippen LogP contribution in [0, 0.1) is 6.92 Å². The Balaban J connectivity index is 2.43. The monoisotopic (exact) mass is 324 g/mol. The minimum absolute atomic E-state index is 0.486. The van der Waals surface area contributed by atoms with Gasteiger partial charge in [-0.25, -0.2) is 9.97 Å². The van der Waals surface area contributed by atoms with Crippen LogP contribution in [0.4, 0.5) is 17.3 Å². The number of aryl methyl sites for hydroxylation is 1. The number of rotatable bonds is 5. The van der Waals surface area contributed by atoms with Crippen LogP contribution in [0.2, 0.25) is 10.0 Å². The van der Waals surface area contributed by atoms with E-state index in [0.717, 1.165) is 41.7 Å². The van der Waals surface area contributed by atoms with Gasteiger partial charge in [0.15, 0.2) is 0 Å². The Labute approximate surface area is 134 Å². The average Bonchev–Trinajstić information content (AvgIpc) is 2.48. The van der Waals surface area contributed by atoms with Crippen LogP contribution in [0.25, 0.3) is 0 Å². The molecule has 1 aromatic heterocycles. The molecule has 0 aliphatic carbocycles. The van der Waals surface area contributed by atoms with Gasteiger partial charge in [-0.15, -0.1) is 0 Å². The normalized spacial score (nSPS) is 10.5. The molecule has 2 aromatic rings. The zero-order valence-corrected chi connectivity index (χ0v) is 13.8. The van der Waals surface area contributed by atoms with Crippen LogP contribution in [0.15, 0.2) is 18.2 Å². The van der Waals surface area contributed by atoms with Gasteiger partial charge in [0.2, 0.25) is 0 Å². The summed E-state index contributed by atoms with van der Waals surface area (Å²) in [5.41, 5.74) is 1.68. The number of nitrogens with one attached hydrogen (secondary N) is 2. The van der Waals surface area contributed by atoms with Gasteiger partial charge >= 0.3 is 0 Å². The summed E-state index contributed by atoms with van der Waals surface area (Å²) in [6, 6.07) is 5.47. The van der Waals surface area contributed by atoms with Gasteiger partial charge in [-0.1, -0.05) is 36.2 Å². The molecule has 2 N–H and O–H groups in total. The minimum Gasteiger partial charge on any atom is -0.370 e. The largest absolute Gasteiger partial charge is 0.370 e. The molecule has 2 rings (SSSR count). The van der Waals surface area contributed by atoms with Gasteiger partial charge in [0.25, 0.3) is 0 Å². The van der Waals surface area contributed by atoms with Crippen molar-refractivity contribution in [1.82, 2.24) is 9.97 Å². The van der Waals surface area contributed by atoms with Gasteiger partial charge < -0.3 is 10.6 Å². The maximum absolute atomic E-state index is 6.22. The molecule has 0 fully saturated rings. The summed E-state index contributed by atoms with van der Waals surface area (Å²) < 4.78 is 0. The predicted octanol–water partition coefficient (Wildman–Crippen LogP) is 4.83. The minimum atomic E-state index is 0.486. The van der Waals surface area contributed by atoms with Crippen molar-refractivity contribution in [3.63, 3.8) is 0 Å². The Morgan fingerprint density at radius 1 is 1.10 bits per heavy atom. The molecule has 0 aliphatic heterocycles. The summed E-state index contributed by atoms with van der Waals surface area (Å²) in [4.78, 5) is 9.04. The first kappa shape index (κ1) is 15.9. The van der Waals surface area contributed by atoms with Crippen molar-refractivity contribution >= 4 is 40.5 Å². The molecule has 0 spiro atoms. The van der Waals surface area contributed by atoms with E-state index in [1.807, 2.05) is 32.9 Å². The van der Waals surface area contributed by atoms with E-state index in [9.17, 15) is 0 Å². The van der Waals surface area contributed by atoms with Crippen molar-refractivity contribution in [3.8, 4) is 0 Å². The van der Waals surface area contributed by atoms with E-state index < -0.39 is 0 Å². The third kappa shape index (κ3) is 3.57. The zero-order chi connectivity index (χ0) is 15.4. The van der Waals surface area contributed by atoms with E-state index in [1.165, 1.54) is 0 Å². The van der Waals surface area contributed by atoms with Crippen molar-refractivity contribution < 1.29 is 0 Å². The number of aromatic nitrogens is 2. The van der Waals surface area contributed by atoms with E-state index >= 15 is 0 Å². The molecule has 0 saturated heterocycles. The Morgan fingerprint density at radius 3 is 2.48 bits per heavy atom. The third-order valence-corrected chi connectivity index (χ3v) is 3.88. The molecule has 0 saturated carbocycles. The number of anilines is 3. The number of halogens is 2. The fourth-order valence-electron chi connectivity index (χ4n) is 1.91. The topological polar surface area (TPSA) is 49.8 Å². The fourth-order valence-corrected chi connectivity index (χ4v) is 2.26. The summed E-state index contributed by atoms with van der Waals surface area (Å²) >= 11 is 12.3. The zero-order valence-electron chi connectivity index (χ0n) is 12.3. The lowest BCUT2D eigenvalue weighted by molar-refractivity contribution is 0.930. The molecule has 112 valence electrons. The number of hydrogen-bond donors (Lipinski definition) is 2. The van der Waals surface area contributed by atoms with Crippen LogP contribution < -0.4 is 10.6 Å². The Bertz CT molecular complexity index is 644. The second-order valence-electron chi connectivity index (χ2n) is 4.57. The Kier molecular flexibility index (Phi) is 5.26. The predicted molar refractivity (Wildman–Crippen MR) is 90.1 cm³/mol. The highest BCUT2D eigenvalue weighted by molar-refractivity contribution is 6.43. The van der Waals surface area contributed by atoms with Gasteiger partial charge in [0.05, 0.1) is 15.7 Å². The van der Waals surface area contributed by atoms with Crippen molar-refractivity contribution in [2.75, 3.05) is 17.2 Å². The van der Waals surface area contributed by atoms with Gasteiger partial charge in [-0.3, -0.25) is 0 Å². The molecule has 4 nitrogen and oxygen atoms in total. The summed E-state index contributed by atoms with van der Waals surface area (Å²) in [6.07, 6.45) is 0.761. The van der Waals surface area contributed by atoms with Crippen LogP contribution in [0.3, 0.4) is 0 Å². The van der Waals surface area contributed by atoms with E-state index in [4.69, 9.17) is 23.2 Å². The lowest BCUT2D eigenvalue weighted by Gasteiger charge is -2.15. The van der Waals surface area contributed by atoms with E-state index in [0.29, 0.717) is 10.0 Å². The van der Waals surface area contributed by atoms with Crippen molar-refractivity contribution in [1.29, 1.82) is 0 Å². The first-order valence-corrected chi connectivity index (χ1v) is 7.64. The highest BCUT2D eigenvalue weighted by Crippen LogP contribution is 2.32. The van der Waals surface area contributed by atoms with Gasteiger partial charge in [0, 0.05) is 18.5 Å². The van der Waals surface area contributed by atoms with Crippen molar-refractivity contribution in [3.05, 3.63) is 39.6 Å². The van der Waals surface area contributed by atoms with Crippen molar-refractivity contribution in [2.24, 2.45) is 0 Å². The second kappa shape index (κ2) is 6.96. The highest BCUT2D eigenvalue weighted by Gasteiger charge is 2.12. The van der Waals surface area contributed by atoms with Crippen LogP contribution >= 0.6 is 23.2 Å². The van der Waals surface area contributed by atoms with Crippen LogP contribution in [0.1, 0.15) is 25.2 Å². The summed E-state index contributed by atoms with van der Waals surface area (Å²) in [5.74, 6) is 2.35. The molecular weight excluding hydrogens is 307 g/mol. The number of hydrogen-bond acceptors (Lipinski definition) is 4. The average molecular weight is 325 g/mol. The maximum atomic E-state index is 6.22. The van der Waals surface area contributed by atoms with E-state index in [1.54, 1.807) is 6.07 Å². The quantitative estimate of drug-likeness (QED) is 0.827. The van der Waals surface area contributed by atoms with Crippen molar-refractivity contribution in [2.45, 2.75) is 27.2 Å².